The van der Waals surface area contributed by atoms with Crippen molar-refractivity contribution in [2.75, 3.05) is 11.4 Å². The van der Waals surface area contributed by atoms with Crippen LogP contribution in [0.5, 0.6) is 0 Å². The number of nitrogens with zero attached hydrogens (tertiary/aromatic N) is 2. The van der Waals surface area contributed by atoms with Gasteiger partial charge in [0.15, 0.2) is 0 Å². The lowest BCUT2D eigenvalue weighted by Gasteiger charge is -2.24. The van der Waals surface area contributed by atoms with Gasteiger partial charge < -0.3 is 10.6 Å². The van der Waals surface area contributed by atoms with Gasteiger partial charge in [-0.05, 0) is 37.8 Å². The van der Waals surface area contributed by atoms with Gasteiger partial charge in [-0.15, -0.1) is 0 Å². The van der Waals surface area contributed by atoms with Gasteiger partial charge in [-0.1, -0.05) is 13.0 Å². The molecule has 0 spiro atoms. The second kappa shape index (κ2) is 4.83. The van der Waals surface area contributed by atoms with Gasteiger partial charge in [-0.2, -0.15) is 0 Å². The number of nitrogens with two attached hydrogens (primary N) is 1. The summed E-state index contributed by atoms with van der Waals surface area (Å²) >= 11 is 0. The molecule has 0 radical (unpaired) electrons. The van der Waals surface area contributed by atoms with Crippen LogP contribution in [0.4, 0.5) is 5.82 Å². The van der Waals surface area contributed by atoms with Gasteiger partial charge in [0.25, 0.3) is 0 Å². The second-order valence-electron chi connectivity index (χ2n) is 4.64. The average molecular weight is 219 g/mol. The van der Waals surface area contributed by atoms with E-state index in [4.69, 9.17) is 5.73 Å². The van der Waals surface area contributed by atoms with Gasteiger partial charge in [-0.3, -0.25) is 0 Å². The molecule has 0 aromatic carbocycles. The first-order valence-electron chi connectivity index (χ1n) is 6.20. The van der Waals surface area contributed by atoms with Crippen LogP contribution in [0, 0.1) is 0 Å². The Balaban J connectivity index is 2.15. The third-order valence-corrected chi connectivity index (χ3v) is 3.44. The summed E-state index contributed by atoms with van der Waals surface area (Å²) in [5.74, 6) is 1.11. The van der Waals surface area contributed by atoms with Gasteiger partial charge in [0.2, 0.25) is 0 Å². The number of rotatable bonds is 3. The fourth-order valence-corrected chi connectivity index (χ4v) is 2.40. The third kappa shape index (κ3) is 2.19. The first-order chi connectivity index (χ1) is 7.72. The summed E-state index contributed by atoms with van der Waals surface area (Å²) in [7, 11) is 0. The highest BCUT2D eigenvalue weighted by atomic mass is 15.2. The molecular weight excluding hydrogens is 198 g/mol. The first-order valence-corrected chi connectivity index (χ1v) is 6.20. The molecule has 0 amide bonds. The predicted octanol–water partition coefficient (Wildman–Crippen LogP) is 2.48. The molecule has 2 rings (SSSR count). The van der Waals surface area contributed by atoms with Crippen molar-refractivity contribution in [2.45, 2.75) is 45.2 Å². The van der Waals surface area contributed by atoms with E-state index in [1.807, 2.05) is 13.1 Å². The Morgan fingerprint density at radius 2 is 2.38 bits per heavy atom. The normalized spacial score (nSPS) is 22.4. The molecule has 2 atom stereocenters. The lowest BCUT2D eigenvalue weighted by Crippen LogP contribution is -2.29. The smallest absolute Gasteiger partial charge is 0.128 e. The van der Waals surface area contributed by atoms with E-state index in [0.29, 0.717) is 6.04 Å². The molecule has 0 bridgehead atoms. The van der Waals surface area contributed by atoms with Crippen LogP contribution in [0.15, 0.2) is 18.3 Å². The number of pyridine rings is 1. The maximum Gasteiger partial charge on any atom is 0.128 e. The Hall–Kier alpha value is -1.09. The fraction of sp³-hybridized carbons (Fsp3) is 0.615. The van der Waals surface area contributed by atoms with E-state index in [0.717, 1.165) is 17.9 Å². The minimum Gasteiger partial charge on any atom is -0.354 e. The van der Waals surface area contributed by atoms with Crippen LogP contribution in [-0.2, 0) is 0 Å². The van der Waals surface area contributed by atoms with E-state index in [9.17, 15) is 0 Å². The molecule has 3 nitrogen and oxygen atoms in total. The average Bonchev–Trinajstić information content (AvgIpc) is 2.77. The highest BCUT2D eigenvalue weighted by Gasteiger charge is 2.23. The number of anilines is 1. The van der Waals surface area contributed by atoms with E-state index < -0.39 is 0 Å². The molecule has 0 saturated carbocycles. The van der Waals surface area contributed by atoms with Gasteiger partial charge in [0, 0.05) is 24.8 Å². The molecule has 1 aromatic rings. The molecule has 16 heavy (non-hydrogen) atoms. The SMILES string of the molecule is CCC1CCCN1c1ccc(C(C)N)cn1. The molecular formula is C13H21N3. The van der Waals surface area contributed by atoms with Crippen molar-refractivity contribution in [1.82, 2.24) is 4.98 Å². The minimum absolute atomic E-state index is 0.0714. The monoisotopic (exact) mass is 219 g/mol. The zero-order chi connectivity index (χ0) is 11.5. The van der Waals surface area contributed by atoms with Gasteiger partial charge in [-0.25, -0.2) is 4.98 Å². The van der Waals surface area contributed by atoms with Crippen molar-refractivity contribution >= 4 is 5.82 Å². The second-order valence-corrected chi connectivity index (χ2v) is 4.64. The summed E-state index contributed by atoms with van der Waals surface area (Å²) in [5, 5.41) is 0. The van der Waals surface area contributed by atoms with E-state index in [1.165, 1.54) is 19.3 Å². The van der Waals surface area contributed by atoms with Crippen molar-refractivity contribution in [3.05, 3.63) is 23.9 Å². The molecule has 3 heteroatoms. The zero-order valence-electron chi connectivity index (χ0n) is 10.2. The van der Waals surface area contributed by atoms with Crippen LogP contribution in [-0.4, -0.2) is 17.6 Å². The minimum atomic E-state index is 0.0714. The van der Waals surface area contributed by atoms with Crippen LogP contribution >= 0.6 is 0 Å². The molecule has 1 saturated heterocycles. The number of aromatic nitrogens is 1. The molecule has 1 aliphatic rings. The molecule has 2 N–H and O–H groups in total. The van der Waals surface area contributed by atoms with E-state index in [2.05, 4.69) is 28.9 Å². The highest BCUT2D eigenvalue weighted by Crippen LogP contribution is 2.25. The Bertz CT molecular complexity index is 332. The third-order valence-electron chi connectivity index (χ3n) is 3.44. The van der Waals surface area contributed by atoms with Crippen molar-refractivity contribution in [2.24, 2.45) is 5.73 Å². The number of hydrogen-bond acceptors (Lipinski definition) is 3. The standard InChI is InChI=1S/C13H21N3/c1-3-12-5-4-8-16(12)13-7-6-11(9-15-13)10(2)14/h6-7,9-10,12H,3-5,8,14H2,1-2H3. The lowest BCUT2D eigenvalue weighted by atomic mass is 10.1. The zero-order valence-corrected chi connectivity index (χ0v) is 10.2. The molecule has 88 valence electrons. The first kappa shape index (κ1) is 11.4. The summed E-state index contributed by atoms with van der Waals surface area (Å²) in [6, 6.07) is 4.95. The topological polar surface area (TPSA) is 42.1 Å². The Morgan fingerprint density at radius 1 is 1.56 bits per heavy atom. The quantitative estimate of drug-likeness (QED) is 0.849. The summed E-state index contributed by atoms with van der Waals surface area (Å²) in [4.78, 5) is 6.95. The van der Waals surface area contributed by atoms with Crippen LogP contribution in [0.2, 0.25) is 0 Å². The van der Waals surface area contributed by atoms with E-state index in [-0.39, 0.29) is 6.04 Å². The van der Waals surface area contributed by atoms with Gasteiger partial charge in [0.05, 0.1) is 0 Å². The van der Waals surface area contributed by atoms with Gasteiger partial charge >= 0.3 is 0 Å². The highest BCUT2D eigenvalue weighted by molar-refractivity contribution is 5.42. The largest absolute Gasteiger partial charge is 0.354 e. The summed E-state index contributed by atoms with van der Waals surface area (Å²) in [6.45, 7) is 5.38. The maximum absolute atomic E-state index is 5.82. The number of hydrogen-bond donors (Lipinski definition) is 1. The van der Waals surface area contributed by atoms with Crippen LogP contribution < -0.4 is 10.6 Å². The molecule has 1 fully saturated rings. The molecule has 0 aliphatic carbocycles. The maximum atomic E-state index is 5.82. The summed E-state index contributed by atoms with van der Waals surface area (Å²) < 4.78 is 0. The van der Waals surface area contributed by atoms with E-state index >= 15 is 0 Å². The van der Waals surface area contributed by atoms with Crippen molar-refractivity contribution in [3.63, 3.8) is 0 Å². The van der Waals surface area contributed by atoms with Crippen LogP contribution in [0.3, 0.4) is 0 Å². The van der Waals surface area contributed by atoms with Crippen molar-refractivity contribution in [1.29, 1.82) is 0 Å². The Kier molecular flexibility index (Phi) is 3.44. The lowest BCUT2D eigenvalue weighted by molar-refractivity contribution is 0.640. The van der Waals surface area contributed by atoms with Gasteiger partial charge in [0.1, 0.15) is 5.82 Å². The molecule has 1 aromatic heterocycles. The molecule has 2 unspecified atom stereocenters. The van der Waals surface area contributed by atoms with Crippen molar-refractivity contribution < 1.29 is 0 Å². The van der Waals surface area contributed by atoms with Crippen LogP contribution in [0.1, 0.15) is 44.7 Å². The fourth-order valence-electron chi connectivity index (χ4n) is 2.40. The molecule has 1 aliphatic heterocycles. The Morgan fingerprint density at radius 3 is 2.94 bits per heavy atom. The summed E-state index contributed by atoms with van der Waals surface area (Å²) in [6.07, 6.45) is 5.70. The van der Waals surface area contributed by atoms with Crippen LogP contribution in [0.25, 0.3) is 0 Å². The van der Waals surface area contributed by atoms with E-state index in [1.54, 1.807) is 0 Å². The van der Waals surface area contributed by atoms with Crippen molar-refractivity contribution in [3.8, 4) is 0 Å². The Labute approximate surface area is 97.7 Å². The molecule has 2 heterocycles. The summed E-state index contributed by atoms with van der Waals surface area (Å²) in [5.41, 5.74) is 6.92. The predicted molar refractivity (Wildman–Crippen MR) is 67.5 cm³/mol.